The fraction of sp³-hybridized carbons (Fsp3) is 0.294. The molecule has 0 aliphatic carbocycles. The maximum atomic E-state index is 6.34. The molecule has 0 atom stereocenters. The van der Waals surface area contributed by atoms with Gasteiger partial charge in [0.05, 0.1) is 0 Å². The third-order valence-electron chi connectivity index (χ3n) is 3.15. The molecular formula is C17H19Cl2NS. The van der Waals surface area contributed by atoms with Gasteiger partial charge in [-0.2, -0.15) is 0 Å². The van der Waals surface area contributed by atoms with Crippen molar-refractivity contribution < 1.29 is 0 Å². The zero-order chi connectivity index (χ0) is 15.1. The Morgan fingerprint density at radius 1 is 1.00 bits per heavy atom. The Labute approximate surface area is 141 Å². The first-order chi connectivity index (χ1) is 10.2. The Bertz CT molecular complexity index is 587. The minimum atomic E-state index is 0.804. The third-order valence-corrected chi connectivity index (χ3v) is 5.02. The molecule has 0 aromatic heterocycles. The zero-order valence-corrected chi connectivity index (χ0v) is 14.4. The highest BCUT2D eigenvalue weighted by atomic mass is 35.5. The summed E-state index contributed by atoms with van der Waals surface area (Å²) in [6, 6.07) is 14.0. The van der Waals surface area contributed by atoms with Crippen LogP contribution in [0.1, 0.15) is 24.5 Å². The highest BCUT2D eigenvalue weighted by molar-refractivity contribution is 7.98. The largest absolute Gasteiger partial charge is 0.313 e. The second-order valence-electron chi connectivity index (χ2n) is 4.77. The molecule has 0 fully saturated rings. The predicted molar refractivity (Wildman–Crippen MR) is 94.5 cm³/mol. The SMILES string of the molecule is CCCNCc1c(Cl)cccc1SCc1ccccc1Cl. The molecule has 0 radical (unpaired) electrons. The molecule has 0 aliphatic rings. The van der Waals surface area contributed by atoms with Crippen LogP contribution in [0.15, 0.2) is 47.4 Å². The van der Waals surface area contributed by atoms with Gasteiger partial charge in [0.1, 0.15) is 0 Å². The summed E-state index contributed by atoms with van der Waals surface area (Å²) >= 11 is 14.3. The van der Waals surface area contributed by atoms with Gasteiger partial charge in [-0.15, -0.1) is 11.8 Å². The quantitative estimate of drug-likeness (QED) is 0.506. The van der Waals surface area contributed by atoms with Crippen molar-refractivity contribution in [3.05, 3.63) is 63.6 Å². The van der Waals surface area contributed by atoms with E-state index in [2.05, 4.69) is 24.4 Å². The van der Waals surface area contributed by atoms with Gasteiger partial charge in [-0.3, -0.25) is 0 Å². The summed E-state index contributed by atoms with van der Waals surface area (Å²) < 4.78 is 0. The van der Waals surface area contributed by atoms with E-state index in [1.807, 2.05) is 30.3 Å². The van der Waals surface area contributed by atoms with Gasteiger partial charge in [-0.1, -0.05) is 54.4 Å². The first-order valence-electron chi connectivity index (χ1n) is 7.06. The molecule has 2 rings (SSSR count). The van der Waals surface area contributed by atoms with Gasteiger partial charge in [0.15, 0.2) is 0 Å². The summed E-state index contributed by atoms with van der Waals surface area (Å²) in [4.78, 5) is 1.21. The van der Waals surface area contributed by atoms with E-state index >= 15 is 0 Å². The van der Waals surface area contributed by atoms with Gasteiger partial charge >= 0.3 is 0 Å². The number of hydrogen-bond donors (Lipinski definition) is 1. The van der Waals surface area contributed by atoms with Crippen molar-refractivity contribution in [2.75, 3.05) is 6.54 Å². The number of rotatable bonds is 7. The summed E-state index contributed by atoms with van der Waals surface area (Å²) in [5, 5.41) is 5.06. The lowest BCUT2D eigenvalue weighted by Crippen LogP contribution is -2.14. The molecular weight excluding hydrogens is 321 g/mol. The Morgan fingerprint density at radius 2 is 1.76 bits per heavy atom. The fourth-order valence-corrected chi connectivity index (χ4v) is 3.68. The third kappa shape index (κ3) is 4.93. The molecule has 0 unspecified atom stereocenters. The van der Waals surface area contributed by atoms with Crippen molar-refractivity contribution >= 4 is 35.0 Å². The Balaban J connectivity index is 2.09. The molecule has 112 valence electrons. The molecule has 4 heteroatoms. The van der Waals surface area contributed by atoms with Crippen LogP contribution in [0.4, 0.5) is 0 Å². The van der Waals surface area contributed by atoms with Crippen LogP contribution >= 0.6 is 35.0 Å². The highest BCUT2D eigenvalue weighted by Gasteiger charge is 2.08. The first kappa shape index (κ1) is 16.7. The molecule has 2 aromatic carbocycles. The van der Waals surface area contributed by atoms with Gasteiger partial charge in [0.25, 0.3) is 0 Å². The lowest BCUT2D eigenvalue weighted by molar-refractivity contribution is 0.669. The molecule has 2 aromatic rings. The lowest BCUT2D eigenvalue weighted by atomic mass is 10.2. The minimum Gasteiger partial charge on any atom is -0.313 e. The van der Waals surface area contributed by atoms with Crippen LogP contribution in [0.5, 0.6) is 0 Å². The van der Waals surface area contributed by atoms with Crippen LogP contribution in [0.25, 0.3) is 0 Å². The van der Waals surface area contributed by atoms with Crippen LogP contribution in [0.3, 0.4) is 0 Å². The first-order valence-corrected chi connectivity index (χ1v) is 8.80. The van der Waals surface area contributed by atoms with Crippen LogP contribution in [-0.2, 0) is 12.3 Å². The molecule has 0 amide bonds. The van der Waals surface area contributed by atoms with Crippen LogP contribution in [0, 0.1) is 0 Å². The number of halogens is 2. The van der Waals surface area contributed by atoms with E-state index in [-0.39, 0.29) is 0 Å². The van der Waals surface area contributed by atoms with Gasteiger partial charge in [-0.25, -0.2) is 0 Å². The molecule has 0 saturated heterocycles. The Hall–Kier alpha value is -0.670. The maximum absolute atomic E-state index is 6.34. The molecule has 21 heavy (non-hydrogen) atoms. The summed E-state index contributed by atoms with van der Waals surface area (Å²) in [5.41, 5.74) is 2.32. The van der Waals surface area contributed by atoms with E-state index in [1.54, 1.807) is 11.8 Å². The van der Waals surface area contributed by atoms with E-state index in [0.717, 1.165) is 40.9 Å². The van der Waals surface area contributed by atoms with E-state index in [0.29, 0.717) is 0 Å². The van der Waals surface area contributed by atoms with E-state index < -0.39 is 0 Å². The molecule has 0 bridgehead atoms. The molecule has 0 heterocycles. The second-order valence-corrected chi connectivity index (χ2v) is 6.60. The van der Waals surface area contributed by atoms with Crippen molar-refractivity contribution in [1.29, 1.82) is 0 Å². The number of nitrogens with one attached hydrogen (secondary N) is 1. The van der Waals surface area contributed by atoms with Gasteiger partial charge in [0, 0.05) is 27.2 Å². The highest BCUT2D eigenvalue weighted by Crippen LogP contribution is 2.32. The average molecular weight is 340 g/mol. The topological polar surface area (TPSA) is 12.0 Å². The number of thioether (sulfide) groups is 1. The number of hydrogen-bond acceptors (Lipinski definition) is 2. The van der Waals surface area contributed by atoms with Crippen LogP contribution < -0.4 is 5.32 Å². The fourth-order valence-electron chi connectivity index (χ4n) is 2.01. The average Bonchev–Trinajstić information content (AvgIpc) is 2.49. The molecule has 1 nitrogen and oxygen atoms in total. The molecule has 0 aliphatic heterocycles. The van der Waals surface area contributed by atoms with Crippen molar-refractivity contribution in [3.8, 4) is 0 Å². The standard InChI is InChI=1S/C17H19Cl2NS/c1-2-10-20-11-14-16(19)8-5-9-17(14)21-12-13-6-3-4-7-15(13)18/h3-9,20H,2,10-12H2,1H3. The van der Waals surface area contributed by atoms with E-state index in [9.17, 15) is 0 Å². The Kier molecular flexibility index (Phi) is 6.91. The van der Waals surface area contributed by atoms with Crippen molar-refractivity contribution in [2.45, 2.75) is 30.5 Å². The second kappa shape index (κ2) is 8.70. The molecule has 0 saturated carbocycles. The summed E-state index contributed by atoms with van der Waals surface area (Å²) in [6.07, 6.45) is 1.12. The normalized spacial score (nSPS) is 10.8. The van der Waals surface area contributed by atoms with E-state index in [4.69, 9.17) is 23.2 Å². The predicted octanol–water partition coefficient (Wildman–Crippen LogP) is 5.79. The van der Waals surface area contributed by atoms with Crippen molar-refractivity contribution in [2.24, 2.45) is 0 Å². The Morgan fingerprint density at radius 3 is 2.52 bits per heavy atom. The van der Waals surface area contributed by atoms with Crippen LogP contribution in [0.2, 0.25) is 10.0 Å². The lowest BCUT2D eigenvalue weighted by Gasteiger charge is -2.12. The summed E-state index contributed by atoms with van der Waals surface area (Å²) in [7, 11) is 0. The maximum Gasteiger partial charge on any atom is 0.0462 e. The van der Waals surface area contributed by atoms with Crippen LogP contribution in [-0.4, -0.2) is 6.54 Å². The monoisotopic (exact) mass is 339 g/mol. The van der Waals surface area contributed by atoms with Gasteiger partial charge in [-0.05, 0) is 42.3 Å². The summed E-state index contributed by atoms with van der Waals surface area (Å²) in [6.45, 7) is 3.96. The van der Waals surface area contributed by atoms with Gasteiger partial charge in [0.2, 0.25) is 0 Å². The van der Waals surface area contributed by atoms with Crippen molar-refractivity contribution in [3.63, 3.8) is 0 Å². The van der Waals surface area contributed by atoms with Gasteiger partial charge < -0.3 is 5.32 Å². The minimum absolute atomic E-state index is 0.804. The molecule has 1 N–H and O–H groups in total. The summed E-state index contributed by atoms with van der Waals surface area (Å²) in [5.74, 6) is 0.848. The number of benzene rings is 2. The smallest absolute Gasteiger partial charge is 0.0462 e. The van der Waals surface area contributed by atoms with E-state index in [1.165, 1.54) is 10.5 Å². The zero-order valence-electron chi connectivity index (χ0n) is 12.0. The molecule has 0 spiro atoms. The van der Waals surface area contributed by atoms with Crippen molar-refractivity contribution in [1.82, 2.24) is 5.32 Å².